The monoisotopic (exact) mass is 526 g/mol. The Bertz CT molecular complexity index is 1590. The minimum atomic E-state index is -0.398. The van der Waals surface area contributed by atoms with Crippen LogP contribution in [0.3, 0.4) is 0 Å². The fourth-order valence-electron chi connectivity index (χ4n) is 4.38. The van der Waals surface area contributed by atoms with E-state index in [0.29, 0.717) is 16.4 Å². The van der Waals surface area contributed by atoms with Gasteiger partial charge >= 0.3 is 0 Å². The van der Waals surface area contributed by atoms with Crippen LogP contribution in [0.2, 0.25) is 5.02 Å². The van der Waals surface area contributed by atoms with E-state index in [1.807, 2.05) is 91.2 Å². The van der Waals surface area contributed by atoms with Gasteiger partial charge in [0.15, 0.2) is 11.0 Å². The average Bonchev–Trinajstić information content (AvgIpc) is 3.33. The number of hydrogen-bond acceptors (Lipinski definition) is 4. The maximum atomic E-state index is 13.4. The normalized spacial score (nSPS) is 12.0. The lowest BCUT2D eigenvalue weighted by Gasteiger charge is -2.18. The van der Waals surface area contributed by atoms with Gasteiger partial charge in [-0.05, 0) is 66.4 Å². The molecule has 1 aromatic heterocycles. The molecule has 4 aromatic carbocycles. The second-order valence-corrected chi connectivity index (χ2v) is 10.4. The Hall–Kier alpha value is -3.61. The highest BCUT2D eigenvalue weighted by molar-refractivity contribution is 7.98. The number of halogens is 1. The molecule has 1 atom stereocenters. The highest BCUT2D eigenvalue weighted by Gasteiger charge is 2.23. The lowest BCUT2D eigenvalue weighted by molar-refractivity contribution is 0.0939. The first-order chi connectivity index (χ1) is 17.9. The summed E-state index contributed by atoms with van der Waals surface area (Å²) in [7, 11) is 0. The predicted octanol–water partition coefficient (Wildman–Crippen LogP) is 7.47. The molecule has 1 unspecified atom stereocenters. The van der Waals surface area contributed by atoms with Gasteiger partial charge in [-0.1, -0.05) is 90.1 Å². The number of nitrogens with one attached hydrogen (secondary N) is 1. The van der Waals surface area contributed by atoms with Crippen molar-refractivity contribution in [2.45, 2.75) is 37.7 Å². The Morgan fingerprint density at radius 2 is 1.70 bits per heavy atom. The van der Waals surface area contributed by atoms with Crippen molar-refractivity contribution in [3.8, 4) is 5.69 Å². The summed E-state index contributed by atoms with van der Waals surface area (Å²) < 4.78 is 2.01. The number of rotatable bonds is 7. The zero-order chi connectivity index (χ0) is 25.9. The number of benzene rings is 4. The molecule has 0 spiro atoms. The lowest BCUT2D eigenvalue weighted by atomic mass is 10.0. The summed E-state index contributed by atoms with van der Waals surface area (Å²) >= 11 is 8.01. The molecular weight excluding hydrogens is 500 g/mol. The van der Waals surface area contributed by atoms with Gasteiger partial charge in [-0.15, -0.1) is 10.2 Å². The number of fused-ring (bicyclic) bond motifs is 1. The molecule has 0 aliphatic carbocycles. The van der Waals surface area contributed by atoms with E-state index in [2.05, 4.69) is 34.6 Å². The Kier molecular flexibility index (Phi) is 7.31. The van der Waals surface area contributed by atoms with Crippen LogP contribution in [0.15, 0.2) is 90.1 Å². The van der Waals surface area contributed by atoms with E-state index in [9.17, 15) is 4.79 Å². The van der Waals surface area contributed by atoms with Crippen molar-refractivity contribution in [3.63, 3.8) is 0 Å². The second kappa shape index (κ2) is 10.8. The SMILES string of the molecule is Cc1ccccc1CSc1nnc(C(C)NC(=O)c2cccc3ccccc23)n1-c1cc(Cl)ccc1C. The zero-order valence-corrected chi connectivity index (χ0v) is 22.5. The van der Waals surface area contributed by atoms with Gasteiger partial charge in [-0.3, -0.25) is 9.36 Å². The number of aromatic nitrogens is 3. The van der Waals surface area contributed by atoms with E-state index in [4.69, 9.17) is 11.6 Å². The van der Waals surface area contributed by atoms with E-state index in [0.717, 1.165) is 32.9 Å². The van der Waals surface area contributed by atoms with Crippen molar-refractivity contribution in [2.75, 3.05) is 0 Å². The minimum Gasteiger partial charge on any atom is -0.342 e. The van der Waals surface area contributed by atoms with Crippen molar-refractivity contribution < 1.29 is 4.79 Å². The third-order valence-electron chi connectivity index (χ3n) is 6.46. The molecule has 0 fully saturated rings. The first kappa shape index (κ1) is 25.1. The van der Waals surface area contributed by atoms with E-state index >= 15 is 0 Å². The second-order valence-electron chi connectivity index (χ2n) is 9.04. The molecule has 5 aromatic rings. The lowest BCUT2D eigenvalue weighted by Crippen LogP contribution is -2.29. The highest BCUT2D eigenvalue weighted by atomic mass is 35.5. The Morgan fingerprint density at radius 3 is 2.54 bits per heavy atom. The molecular formula is C30H27ClN4OS. The summed E-state index contributed by atoms with van der Waals surface area (Å²) in [5, 5.41) is 15.5. The largest absolute Gasteiger partial charge is 0.342 e. The highest BCUT2D eigenvalue weighted by Crippen LogP contribution is 2.31. The first-order valence-electron chi connectivity index (χ1n) is 12.1. The van der Waals surface area contributed by atoms with Crippen LogP contribution in [-0.2, 0) is 5.75 Å². The van der Waals surface area contributed by atoms with E-state index in [-0.39, 0.29) is 5.91 Å². The van der Waals surface area contributed by atoms with E-state index in [1.165, 1.54) is 11.1 Å². The maximum absolute atomic E-state index is 13.4. The topological polar surface area (TPSA) is 59.8 Å². The minimum absolute atomic E-state index is 0.157. The Balaban J connectivity index is 1.49. The van der Waals surface area contributed by atoms with Crippen molar-refractivity contribution in [1.29, 1.82) is 0 Å². The van der Waals surface area contributed by atoms with Crippen LogP contribution < -0.4 is 5.32 Å². The molecule has 7 heteroatoms. The molecule has 0 saturated carbocycles. The molecule has 1 heterocycles. The molecule has 0 aliphatic rings. The maximum Gasteiger partial charge on any atom is 0.252 e. The van der Waals surface area contributed by atoms with Gasteiger partial charge in [0.1, 0.15) is 0 Å². The van der Waals surface area contributed by atoms with Crippen molar-refractivity contribution in [3.05, 3.63) is 118 Å². The molecule has 5 rings (SSSR count). The molecule has 0 bridgehead atoms. The van der Waals surface area contributed by atoms with Crippen molar-refractivity contribution in [1.82, 2.24) is 20.1 Å². The third-order valence-corrected chi connectivity index (χ3v) is 7.67. The first-order valence-corrected chi connectivity index (χ1v) is 13.5. The fraction of sp³-hybridized carbons (Fsp3) is 0.167. The number of thioether (sulfide) groups is 1. The fourth-order valence-corrected chi connectivity index (χ4v) is 5.58. The summed E-state index contributed by atoms with van der Waals surface area (Å²) in [5.41, 5.74) is 5.03. The molecule has 37 heavy (non-hydrogen) atoms. The van der Waals surface area contributed by atoms with Gasteiger partial charge < -0.3 is 5.32 Å². The third kappa shape index (κ3) is 5.26. The van der Waals surface area contributed by atoms with Gasteiger partial charge in [0.25, 0.3) is 5.91 Å². The number of nitrogens with zero attached hydrogens (tertiary/aromatic N) is 3. The van der Waals surface area contributed by atoms with Gasteiger partial charge in [0, 0.05) is 16.3 Å². The summed E-state index contributed by atoms with van der Waals surface area (Å²) in [6, 6.07) is 27.3. The zero-order valence-electron chi connectivity index (χ0n) is 20.9. The van der Waals surface area contributed by atoms with Gasteiger partial charge in [0.05, 0.1) is 11.7 Å². The summed E-state index contributed by atoms with van der Waals surface area (Å²) in [5.74, 6) is 1.24. The van der Waals surface area contributed by atoms with E-state index in [1.54, 1.807) is 11.8 Å². The summed E-state index contributed by atoms with van der Waals surface area (Å²) in [6.45, 7) is 6.07. The number of amides is 1. The quantitative estimate of drug-likeness (QED) is 0.223. The van der Waals surface area contributed by atoms with Crippen LogP contribution in [-0.4, -0.2) is 20.7 Å². The molecule has 0 saturated heterocycles. The Labute approximate surface area is 225 Å². The summed E-state index contributed by atoms with van der Waals surface area (Å²) in [6.07, 6.45) is 0. The van der Waals surface area contributed by atoms with Crippen LogP contribution in [0.25, 0.3) is 16.5 Å². The molecule has 1 amide bonds. The van der Waals surface area contributed by atoms with Crippen LogP contribution in [0.5, 0.6) is 0 Å². The number of aryl methyl sites for hydroxylation is 2. The predicted molar refractivity (Wildman–Crippen MR) is 152 cm³/mol. The number of carbonyl (C=O) groups excluding carboxylic acids is 1. The number of carbonyl (C=O) groups is 1. The number of hydrogen-bond donors (Lipinski definition) is 1. The van der Waals surface area contributed by atoms with Crippen LogP contribution >= 0.6 is 23.4 Å². The van der Waals surface area contributed by atoms with Crippen LogP contribution in [0, 0.1) is 13.8 Å². The molecule has 0 radical (unpaired) electrons. The van der Waals surface area contributed by atoms with Crippen LogP contribution in [0.4, 0.5) is 0 Å². The summed E-state index contributed by atoms with van der Waals surface area (Å²) in [4.78, 5) is 13.4. The molecule has 1 N–H and O–H groups in total. The van der Waals surface area contributed by atoms with Gasteiger partial charge in [-0.25, -0.2) is 0 Å². The van der Waals surface area contributed by atoms with Crippen molar-refractivity contribution >= 4 is 40.0 Å². The molecule has 5 nitrogen and oxygen atoms in total. The van der Waals surface area contributed by atoms with Gasteiger partial charge in [-0.2, -0.15) is 0 Å². The van der Waals surface area contributed by atoms with E-state index < -0.39 is 6.04 Å². The van der Waals surface area contributed by atoms with Gasteiger partial charge in [0.2, 0.25) is 0 Å². The Morgan fingerprint density at radius 1 is 0.946 bits per heavy atom. The molecule has 0 aliphatic heterocycles. The average molecular weight is 527 g/mol. The van der Waals surface area contributed by atoms with Crippen LogP contribution in [0.1, 0.15) is 45.8 Å². The smallest absolute Gasteiger partial charge is 0.252 e. The molecule has 186 valence electrons. The standard InChI is InChI=1S/C30H27ClN4OS/c1-19-9-4-5-11-23(19)18-37-30-34-33-28(35(30)27-17-24(31)16-15-20(27)2)21(3)32-29(36)26-14-8-12-22-10-6-7-13-25(22)26/h4-17,21H,18H2,1-3H3,(H,32,36). The van der Waals surface area contributed by atoms with Crippen molar-refractivity contribution in [2.24, 2.45) is 0 Å².